The molecule has 4 heteroatoms. The zero-order valence-corrected chi connectivity index (χ0v) is 12.4. The average Bonchev–Trinajstić information content (AvgIpc) is 3.37. The lowest BCUT2D eigenvalue weighted by Crippen LogP contribution is -2.39. The van der Waals surface area contributed by atoms with Crippen molar-refractivity contribution in [3.63, 3.8) is 0 Å². The van der Waals surface area contributed by atoms with E-state index in [2.05, 4.69) is 5.32 Å². The molecule has 1 aliphatic carbocycles. The van der Waals surface area contributed by atoms with Crippen LogP contribution in [0.2, 0.25) is 0 Å². The van der Waals surface area contributed by atoms with Gasteiger partial charge in [-0.1, -0.05) is 6.07 Å². The van der Waals surface area contributed by atoms with Crippen LogP contribution in [-0.2, 0) is 0 Å². The number of aliphatic hydroxyl groups excluding tert-OH is 1. The molecule has 2 aliphatic rings. The normalized spacial score (nSPS) is 19.6. The Labute approximate surface area is 126 Å². The smallest absolute Gasteiger partial charge is 0.253 e. The van der Waals surface area contributed by atoms with Crippen molar-refractivity contribution in [2.24, 2.45) is 11.8 Å². The lowest BCUT2D eigenvalue weighted by atomic mass is 9.97. The zero-order valence-electron chi connectivity index (χ0n) is 12.4. The Bertz CT molecular complexity index is 491. The molecule has 2 N–H and O–H groups in total. The molecule has 0 unspecified atom stereocenters. The molecule has 1 aromatic rings. The van der Waals surface area contributed by atoms with Gasteiger partial charge in [-0.3, -0.25) is 4.79 Å². The first-order chi connectivity index (χ1) is 10.3. The van der Waals surface area contributed by atoms with Crippen molar-refractivity contribution in [3.05, 3.63) is 29.8 Å². The minimum Gasteiger partial charge on any atom is -0.396 e. The fraction of sp³-hybridized carbons (Fsp3) is 0.588. The van der Waals surface area contributed by atoms with Gasteiger partial charge in [0.2, 0.25) is 0 Å². The van der Waals surface area contributed by atoms with Gasteiger partial charge in [0, 0.05) is 37.5 Å². The highest BCUT2D eigenvalue weighted by Gasteiger charge is 2.23. The van der Waals surface area contributed by atoms with Crippen LogP contribution in [0.4, 0.5) is 5.69 Å². The van der Waals surface area contributed by atoms with Gasteiger partial charge in [0.1, 0.15) is 0 Å². The number of nitrogens with one attached hydrogen (secondary N) is 1. The second kappa shape index (κ2) is 6.48. The van der Waals surface area contributed by atoms with Gasteiger partial charge in [0.15, 0.2) is 0 Å². The van der Waals surface area contributed by atoms with Gasteiger partial charge in [-0.2, -0.15) is 0 Å². The second-order valence-electron chi connectivity index (χ2n) is 6.32. The Morgan fingerprint density at radius 2 is 1.95 bits per heavy atom. The first-order valence-corrected chi connectivity index (χ1v) is 8.00. The van der Waals surface area contributed by atoms with E-state index in [0.717, 1.165) is 49.6 Å². The Morgan fingerprint density at radius 3 is 2.62 bits per heavy atom. The van der Waals surface area contributed by atoms with E-state index in [4.69, 9.17) is 5.11 Å². The molecule has 1 saturated heterocycles. The summed E-state index contributed by atoms with van der Waals surface area (Å²) in [4.78, 5) is 14.4. The Morgan fingerprint density at radius 1 is 1.19 bits per heavy atom. The molecule has 0 spiro atoms. The van der Waals surface area contributed by atoms with Crippen molar-refractivity contribution >= 4 is 11.6 Å². The molecule has 4 nitrogen and oxygen atoms in total. The summed E-state index contributed by atoms with van der Waals surface area (Å²) in [6.07, 6.45) is 4.46. The van der Waals surface area contributed by atoms with Gasteiger partial charge >= 0.3 is 0 Å². The fourth-order valence-electron chi connectivity index (χ4n) is 2.85. The molecule has 0 atom stereocenters. The predicted octanol–water partition coefficient (Wildman–Crippen LogP) is 2.35. The third-order valence-corrected chi connectivity index (χ3v) is 4.56. The lowest BCUT2D eigenvalue weighted by Gasteiger charge is -2.31. The van der Waals surface area contributed by atoms with Crippen LogP contribution in [-0.4, -0.2) is 42.2 Å². The fourth-order valence-corrected chi connectivity index (χ4v) is 2.85. The maximum absolute atomic E-state index is 12.5. The molecular weight excluding hydrogens is 264 g/mol. The van der Waals surface area contributed by atoms with Gasteiger partial charge in [-0.25, -0.2) is 0 Å². The number of aliphatic hydroxyl groups is 1. The lowest BCUT2D eigenvalue weighted by molar-refractivity contribution is 0.0651. The highest BCUT2D eigenvalue weighted by molar-refractivity contribution is 5.95. The average molecular weight is 288 g/mol. The maximum Gasteiger partial charge on any atom is 0.253 e. The number of nitrogens with zero attached hydrogens (tertiary/aromatic N) is 1. The molecule has 1 aliphatic heterocycles. The van der Waals surface area contributed by atoms with Gasteiger partial charge in [-0.05, 0) is 55.7 Å². The van der Waals surface area contributed by atoms with Crippen molar-refractivity contribution in [2.75, 3.05) is 31.6 Å². The summed E-state index contributed by atoms with van der Waals surface area (Å²) < 4.78 is 0. The van der Waals surface area contributed by atoms with Crippen LogP contribution in [0, 0.1) is 11.8 Å². The number of hydrogen-bond acceptors (Lipinski definition) is 3. The Kier molecular flexibility index (Phi) is 4.44. The molecular formula is C17H24N2O2. The van der Waals surface area contributed by atoms with E-state index < -0.39 is 0 Å². The van der Waals surface area contributed by atoms with E-state index in [0.29, 0.717) is 5.92 Å². The number of hydrogen-bond donors (Lipinski definition) is 2. The van der Waals surface area contributed by atoms with Gasteiger partial charge < -0.3 is 15.3 Å². The molecule has 0 bridgehead atoms. The Hall–Kier alpha value is -1.55. The highest BCUT2D eigenvalue weighted by atomic mass is 16.3. The molecule has 1 saturated carbocycles. The number of carbonyl (C=O) groups excluding carboxylic acids is 1. The first-order valence-electron chi connectivity index (χ1n) is 8.00. The molecule has 21 heavy (non-hydrogen) atoms. The minimum atomic E-state index is 0.112. The molecule has 1 heterocycles. The van der Waals surface area contributed by atoms with Gasteiger partial charge in [-0.15, -0.1) is 0 Å². The topological polar surface area (TPSA) is 52.6 Å². The van der Waals surface area contributed by atoms with E-state index in [1.165, 1.54) is 12.8 Å². The molecule has 3 rings (SSSR count). The summed E-state index contributed by atoms with van der Waals surface area (Å²) in [5, 5.41) is 12.6. The molecule has 1 aromatic carbocycles. The number of likely N-dealkylation sites (tertiary alicyclic amines) is 1. The molecule has 2 fully saturated rings. The standard InChI is InChI=1S/C17H24N2O2/c20-12-14-6-8-19(9-7-14)17(21)15-2-1-3-16(10-15)18-11-13-4-5-13/h1-3,10,13-14,18,20H,4-9,11-12H2. The molecule has 0 aromatic heterocycles. The monoisotopic (exact) mass is 288 g/mol. The van der Waals surface area contributed by atoms with Crippen molar-refractivity contribution in [1.82, 2.24) is 4.90 Å². The van der Waals surface area contributed by atoms with Gasteiger partial charge in [0.05, 0.1) is 0 Å². The summed E-state index contributed by atoms with van der Waals surface area (Å²) in [5.41, 5.74) is 1.80. The van der Waals surface area contributed by atoms with Crippen LogP contribution < -0.4 is 5.32 Å². The quantitative estimate of drug-likeness (QED) is 0.874. The van der Waals surface area contributed by atoms with Crippen molar-refractivity contribution in [2.45, 2.75) is 25.7 Å². The molecule has 1 amide bonds. The number of carbonyl (C=O) groups is 1. The van der Waals surface area contributed by atoms with Gasteiger partial charge in [0.25, 0.3) is 5.91 Å². The Balaban J connectivity index is 1.59. The van der Waals surface area contributed by atoms with Crippen molar-refractivity contribution in [1.29, 1.82) is 0 Å². The summed E-state index contributed by atoms with van der Waals surface area (Å²) in [5.74, 6) is 1.30. The number of piperidine rings is 1. The van der Waals surface area contributed by atoms with Crippen LogP contribution in [0.3, 0.4) is 0 Å². The van der Waals surface area contributed by atoms with E-state index in [1.54, 1.807) is 0 Å². The maximum atomic E-state index is 12.5. The predicted molar refractivity (Wildman–Crippen MR) is 83.4 cm³/mol. The molecule has 0 radical (unpaired) electrons. The van der Waals surface area contributed by atoms with Crippen LogP contribution >= 0.6 is 0 Å². The van der Waals surface area contributed by atoms with Crippen molar-refractivity contribution in [3.8, 4) is 0 Å². The second-order valence-corrected chi connectivity index (χ2v) is 6.32. The zero-order chi connectivity index (χ0) is 14.7. The summed E-state index contributed by atoms with van der Waals surface area (Å²) >= 11 is 0. The van der Waals surface area contributed by atoms with E-state index >= 15 is 0 Å². The number of rotatable bonds is 5. The van der Waals surface area contributed by atoms with E-state index in [-0.39, 0.29) is 12.5 Å². The largest absolute Gasteiger partial charge is 0.396 e. The van der Waals surface area contributed by atoms with E-state index in [9.17, 15) is 4.79 Å². The number of benzene rings is 1. The van der Waals surface area contributed by atoms with Crippen LogP contribution in [0.15, 0.2) is 24.3 Å². The van der Waals surface area contributed by atoms with Crippen LogP contribution in [0.1, 0.15) is 36.0 Å². The van der Waals surface area contributed by atoms with Crippen molar-refractivity contribution < 1.29 is 9.90 Å². The third kappa shape index (κ3) is 3.76. The highest BCUT2D eigenvalue weighted by Crippen LogP contribution is 2.29. The minimum absolute atomic E-state index is 0.112. The van der Waals surface area contributed by atoms with Crippen LogP contribution in [0.25, 0.3) is 0 Å². The number of amides is 1. The molecule has 114 valence electrons. The SMILES string of the molecule is O=C(c1cccc(NCC2CC2)c1)N1CCC(CO)CC1. The first kappa shape index (κ1) is 14.4. The summed E-state index contributed by atoms with van der Waals surface area (Å²) in [6, 6.07) is 7.83. The third-order valence-electron chi connectivity index (χ3n) is 4.56. The number of anilines is 1. The van der Waals surface area contributed by atoms with E-state index in [1.807, 2.05) is 29.2 Å². The summed E-state index contributed by atoms with van der Waals surface area (Å²) in [6.45, 7) is 2.76. The van der Waals surface area contributed by atoms with Crippen LogP contribution in [0.5, 0.6) is 0 Å². The summed E-state index contributed by atoms with van der Waals surface area (Å²) in [7, 11) is 0.